The van der Waals surface area contributed by atoms with E-state index in [2.05, 4.69) is 10.6 Å². The highest BCUT2D eigenvalue weighted by Gasteiger charge is 2.14. The first-order valence-corrected chi connectivity index (χ1v) is 9.70. The minimum absolute atomic E-state index is 0.0111. The molecule has 3 N–H and O–H groups in total. The van der Waals surface area contributed by atoms with E-state index in [-0.39, 0.29) is 16.8 Å². The highest BCUT2D eigenvalue weighted by Crippen LogP contribution is 2.19. The van der Waals surface area contributed by atoms with E-state index >= 15 is 0 Å². The molecule has 0 aliphatic rings. The molecule has 1 atom stereocenters. The second-order valence-corrected chi connectivity index (χ2v) is 7.42. The summed E-state index contributed by atoms with van der Waals surface area (Å²) in [6.45, 7) is 3.97. The fourth-order valence-electron chi connectivity index (χ4n) is 2.16. The number of amides is 1. The van der Waals surface area contributed by atoms with Crippen LogP contribution in [0.4, 0.5) is 5.69 Å². The summed E-state index contributed by atoms with van der Waals surface area (Å²) in [5.74, 6) is -0.897. The molecular weight excluding hydrogens is 479 g/mol. The minimum Gasteiger partial charge on any atom is -0.491 e. The van der Waals surface area contributed by atoms with Crippen LogP contribution in [-0.2, 0) is 0 Å². The van der Waals surface area contributed by atoms with Crippen LogP contribution in [0, 0.1) is 3.57 Å². The van der Waals surface area contributed by atoms with Gasteiger partial charge < -0.3 is 15.2 Å². The average Bonchev–Trinajstić information content (AvgIpc) is 2.63. The molecule has 8 heteroatoms. The first-order valence-electron chi connectivity index (χ1n) is 8.22. The van der Waals surface area contributed by atoms with Crippen molar-refractivity contribution in [1.82, 2.24) is 5.32 Å². The number of hydrogen-bond donors (Lipinski definition) is 3. The molecule has 0 saturated carbocycles. The van der Waals surface area contributed by atoms with Gasteiger partial charge in [0.05, 0.1) is 17.4 Å². The largest absolute Gasteiger partial charge is 0.491 e. The number of benzene rings is 2. The zero-order chi connectivity index (χ0) is 20.0. The maximum absolute atomic E-state index is 12.4. The van der Waals surface area contributed by atoms with Gasteiger partial charge in [0.15, 0.2) is 5.11 Å². The Morgan fingerprint density at radius 3 is 2.67 bits per heavy atom. The zero-order valence-electron chi connectivity index (χ0n) is 14.8. The Kier molecular flexibility index (Phi) is 7.55. The molecule has 0 unspecified atom stereocenters. The van der Waals surface area contributed by atoms with Crippen LogP contribution in [0.1, 0.15) is 41.0 Å². The highest BCUT2D eigenvalue weighted by atomic mass is 127. The summed E-state index contributed by atoms with van der Waals surface area (Å²) in [6, 6.07) is 11.7. The lowest BCUT2D eigenvalue weighted by Crippen LogP contribution is -2.34. The second kappa shape index (κ2) is 9.65. The highest BCUT2D eigenvalue weighted by molar-refractivity contribution is 14.1. The van der Waals surface area contributed by atoms with Crippen LogP contribution >= 0.6 is 34.8 Å². The molecule has 0 aliphatic heterocycles. The second-order valence-electron chi connectivity index (χ2n) is 5.77. The molecule has 2 rings (SSSR count). The maximum atomic E-state index is 12.4. The van der Waals surface area contributed by atoms with E-state index in [0.29, 0.717) is 17.0 Å². The van der Waals surface area contributed by atoms with Crippen molar-refractivity contribution in [2.24, 2.45) is 0 Å². The zero-order valence-corrected chi connectivity index (χ0v) is 17.8. The van der Waals surface area contributed by atoms with Crippen molar-refractivity contribution in [2.45, 2.75) is 26.4 Å². The van der Waals surface area contributed by atoms with Crippen LogP contribution in [0.25, 0.3) is 0 Å². The monoisotopic (exact) mass is 498 g/mol. The van der Waals surface area contributed by atoms with E-state index < -0.39 is 11.9 Å². The van der Waals surface area contributed by atoms with E-state index in [9.17, 15) is 14.7 Å². The number of thiocarbonyl (C=S) groups is 1. The summed E-state index contributed by atoms with van der Waals surface area (Å²) in [5, 5.41) is 14.6. The van der Waals surface area contributed by atoms with Crippen LogP contribution in [0.15, 0.2) is 42.5 Å². The fraction of sp³-hybridized carbons (Fsp3) is 0.211. The molecule has 2 aromatic carbocycles. The Labute approximate surface area is 176 Å². The third kappa shape index (κ3) is 6.17. The number of carboxylic acid groups (broad SMARTS) is 1. The summed E-state index contributed by atoms with van der Waals surface area (Å²) in [4.78, 5) is 23.8. The number of carboxylic acids is 1. The van der Waals surface area contributed by atoms with Crippen LogP contribution in [0.5, 0.6) is 5.75 Å². The minimum atomic E-state index is -1.08. The van der Waals surface area contributed by atoms with Crippen LogP contribution in [0.3, 0.4) is 0 Å². The van der Waals surface area contributed by atoms with Crippen molar-refractivity contribution in [3.05, 3.63) is 57.2 Å². The van der Waals surface area contributed by atoms with Gasteiger partial charge in [-0.25, -0.2) is 4.79 Å². The van der Waals surface area contributed by atoms with Crippen molar-refractivity contribution >= 4 is 57.5 Å². The Morgan fingerprint density at radius 1 is 1.26 bits per heavy atom. The normalized spacial score (nSPS) is 11.4. The van der Waals surface area contributed by atoms with Gasteiger partial charge in [-0.05, 0) is 84.6 Å². The van der Waals surface area contributed by atoms with Gasteiger partial charge >= 0.3 is 5.97 Å². The molecular formula is C19H19IN2O4S. The topological polar surface area (TPSA) is 87.7 Å². The van der Waals surface area contributed by atoms with Crippen molar-refractivity contribution in [1.29, 1.82) is 0 Å². The van der Waals surface area contributed by atoms with E-state index in [1.54, 1.807) is 36.4 Å². The molecule has 0 bridgehead atoms. The summed E-state index contributed by atoms with van der Waals surface area (Å²) >= 11 is 7.17. The smallest absolute Gasteiger partial charge is 0.337 e. The number of hydrogen-bond acceptors (Lipinski definition) is 4. The average molecular weight is 498 g/mol. The summed E-state index contributed by atoms with van der Waals surface area (Å²) < 4.78 is 6.49. The molecule has 0 radical (unpaired) electrons. The standard InChI is InChI=1S/C19H19IN2O4S/c1-3-11(2)26-14-6-4-5-12(9-14)17(23)22-19(27)21-16-8-7-13(20)10-15(16)18(24)25/h4-11H,3H2,1-2H3,(H,24,25)(H2,21,22,23,27)/t11-/m0/s1. The van der Waals surface area contributed by atoms with Gasteiger partial charge in [-0.15, -0.1) is 0 Å². The lowest BCUT2D eigenvalue weighted by Gasteiger charge is -2.14. The maximum Gasteiger partial charge on any atom is 0.337 e. The number of rotatable bonds is 6. The lowest BCUT2D eigenvalue weighted by atomic mass is 10.2. The van der Waals surface area contributed by atoms with Gasteiger partial charge in [0.1, 0.15) is 5.75 Å². The number of ether oxygens (including phenoxy) is 1. The summed E-state index contributed by atoms with van der Waals surface area (Å²) in [7, 11) is 0. The molecule has 0 aromatic heterocycles. The first-order chi connectivity index (χ1) is 12.8. The van der Waals surface area contributed by atoms with E-state index in [1.807, 2.05) is 36.4 Å². The third-order valence-electron chi connectivity index (χ3n) is 3.70. The van der Waals surface area contributed by atoms with Gasteiger partial charge in [-0.1, -0.05) is 13.0 Å². The van der Waals surface area contributed by atoms with Crippen molar-refractivity contribution < 1.29 is 19.4 Å². The Morgan fingerprint density at radius 2 is 2.00 bits per heavy atom. The predicted octanol–water partition coefficient (Wildman–Crippen LogP) is 4.29. The van der Waals surface area contributed by atoms with Gasteiger partial charge in [-0.2, -0.15) is 0 Å². The molecule has 1 amide bonds. The van der Waals surface area contributed by atoms with Crippen molar-refractivity contribution in [3.63, 3.8) is 0 Å². The number of nitrogens with one attached hydrogen (secondary N) is 2. The van der Waals surface area contributed by atoms with Gasteiger partial charge in [0, 0.05) is 9.13 Å². The molecule has 0 fully saturated rings. The van der Waals surface area contributed by atoms with E-state index in [1.165, 1.54) is 6.07 Å². The quantitative estimate of drug-likeness (QED) is 0.407. The molecule has 142 valence electrons. The number of aromatic carboxylic acids is 1. The molecule has 0 saturated heterocycles. The van der Waals surface area contributed by atoms with Gasteiger partial charge in [0.25, 0.3) is 5.91 Å². The van der Waals surface area contributed by atoms with Gasteiger partial charge in [-0.3, -0.25) is 10.1 Å². The number of carbonyl (C=O) groups excluding carboxylic acids is 1. The Bertz CT molecular complexity index is 873. The fourth-order valence-corrected chi connectivity index (χ4v) is 2.85. The number of halogens is 1. The number of anilines is 1. The number of carbonyl (C=O) groups is 2. The molecule has 0 heterocycles. The van der Waals surface area contributed by atoms with E-state index in [0.717, 1.165) is 9.99 Å². The molecule has 0 spiro atoms. The Balaban J connectivity index is 2.07. The van der Waals surface area contributed by atoms with Crippen molar-refractivity contribution in [2.75, 3.05) is 5.32 Å². The SMILES string of the molecule is CC[C@H](C)Oc1cccc(C(=O)NC(=S)Nc2ccc(I)cc2C(=O)O)c1. The molecule has 2 aromatic rings. The molecule has 0 aliphatic carbocycles. The summed E-state index contributed by atoms with van der Waals surface area (Å²) in [5.41, 5.74) is 0.769. The van der Waals surface area contributed by atoms with Crippen LogP contribution in [0.2, 0.25) is 0 Å². The van der Waals surface area contributed by atoms with Gasteiger partial charge in [0.2, 0.25) is 0 Å². The lowest BCUT2D eigenvalue weighted by molar-refractivity contribution is 0.0697. The third-order valence-corrected chi connectivity index (χ3v) is 4.57. The molecule has 6 nitrogen and oxygen atoms in total. The Hall–Kier alpha value is -2.20. The molecule has 27 heavy (non-hydrogen) atoms. The summed E-state index contributed by atoms with van der Waals surface area (Å²) in [6.07, 6.45) is 0.896. The van der Waals surface area contributed by atoms with Crippen molar-refractivity contribution in [3.8, 4) is 5.75 Å². The predicted molar refractivity (Wildman–Crippen MR) is 117 cm³/mol. The van der Waals surface area contributed by atoms with E-state index in [4.69, 9.17) is 17.0 Å². The van der Waals surface area contributed by atoms with Crippen LogP contribution < -0.4 is 15.4 Å². The first kappa shape index (κ1) is 21.1. The van der Waals surface area contributed by atoms with Crippen LogP contribution in [-0.4, -0.2) is 28.2 Å².